The van der Waals surface area contributed by atoms with Gasteiger partial charge in [0.2, 0.25) is 0 Å². The fourth-order valence-electron chi connectivity index (χ4n) is 2.27. The summed E-state index contributed by atoms with van der Waals surface area (Å²) in [5.74, 6) is 1.11. The molecule has 0 amide bonds. The van der Waals surface area contributed by atoms with E-state index < -0.39 is 11.1 Å². The molecule has 0 fully saturated rings. The molecule has 1 aromatic rings. The third-order valence-electron chi connectivity index (χ3n) is 4.51. The Labute approximate surface area is 131 Å². The molecule has 0 bridgehead atoms. The Morgan fingerprint density at radius 2 is 1.86 bits per heavy atom. The third kappa shape index (κ3) is 2.69. The molecule has 0 aliphatic carbocycles. The van der Waals surface area contributed by atoms with Crippen LogP contribution in [0.3, 0.4) is 0 Å². The molecule has 2 atom stereocenters. The highest BCUT2D eigenvalue weighted by atomic mass is 16.5. The van der Waals surface area contributed by atoms with Gasteiger partial charge in [-0.3, -0.25) is 15.9 Å². The smallest absolute Gasteiger partial charge is 0.156 e. The summed E-state index contributed by atoms with van der Waals surface area (Å²) in [6.45, 7) is 7.32. The van der Waals surface area contributed by atoms with Crippen molar-refractivity contribution in [1.29, 1.82) is 0 Å². The van der Waals surface area contributed by atoms with Gasteiger partial charge < -0.3 is 9.84 Å². The van der Waals surface area contributed by atoms with Crippen molar-refractivity contribution in [2.24, 2.45) is 10.7 Å². The summed E-state index contributed by atoms with van der Waals surface area (Å²) >= 11 is 0. The molecule has 1 aliphatic heterocycles. The molecule has 0 aromatic heterocycles. The van der Waals surface area contributed by atoms with Crippen LogP contribution in [0, 0.1) is 0 Å². The van der Waals surface area contributed by atoms with Crippen molar-refractivity contribution in [3.8, 4) is 5.75 Å². The average Bonchev–Trinajstić information content (AvgIpc) is 2.69. The number of aliphatic hydroxyl groups is 1. The zero-order chi connectivity index (χ0) is 16.5. The van der Waals surface area contributed by atoms with Crippen molar-refractivity contribution < 1.29 is 15.1 Å². The fraction of sp³-hybridized carbons (Fsp3) is 0.562. The maximum Gasteiger partial charge on any atom is 0.156 e. The Morgan fingerprint density at radius 1 is 1.27 bits per heavy atom. The Balaban J connectivity index is 2.27. The standard InChI is InChI=1S/C16H25N3O3/c1-5-13(17)22-12-8-6-11(7-9-12)14-18-16(4,10-20)15(2,3)19(14)21/h6-9,13,20-21H,5,10,17H2,1-4H3. The van der Waals surface area contributed by atoms with Gasteiger partial charge in [0.1, 0.15) is 17.5 Å². The molecule has 6 nitrogen and oxygen atoms in total. The first kappa shape index (κ1) is 16.7. The number of benzene rings is 1. The van der Waals surface area contributed by atoms with E-state index in [1.165, 1.54) is 0 Å². The lowest BCUT2D eigenvalue weighted by Gasteiger charge is -2.38. The minimum absolute atomic E-state index is 0.146. The molecule has 1 aliphatic rings. The fourth-order valence-corrected chi connectivity index (χ4v) is 2.27. The van der Waals surface area contributed by atoms with E-state index in [1.807, 2.05) is 39.8 Å². The molecule has 1 heterocycles. The first-order chi connectivity index (χ1) is 10.2. The van der Waals surface area contributed by atoms with E-state index in [0.717, 1.165) is 17.0 Å². The SMILES string of the molecule is CCC(N)Oc1ccc(C2=NC(C)(CO)C(C)(C)N2O)cc1. The monoisotopic (exact) mass is 307 g/mol. The molecule has 2 unspecified atom stereocenters. The molecule has 0 saturated carbocycles. The van der Waals surface area contributed by atoms with Crippen LogP contribution in [0.25, 0.3) is 0 Å². The van der Waals surface area contributed by atoms with Crippen LogP contribution in [0.4, 0.5) is 0 Å². The molecule has 122 valence electrons. The van der Waals surface area contributed by atoms with Crippen LogP contribution in [0.5, 0.6) is 5.75 Å². The highest BCUT2D eigenvalue weighted by Crippen LogP contribution is 2.38. The van der Waals surface area contributed by atoms with E-state index in [2.05, 4.69) is 4.99 Å². The predicted octanol–water partition coefficient (Wildman–Crippen LogP) is 1.74. The second-order valence-corrected chi connectivity index (χ2v) is 6.33. The zero-order valence-corrected chi connectivity index (χ0v) is 13.6. The number of aliphatic hydroxyl groups excluding tert-OH is 1. The topological polar surface area (TPSA) is 91.3 Å². The number of ether oxygens (including phenoxy) is 1. The Kier molecular flexibility index (Phi) is 4.47. The molecule has 4 N–H and O–H groups in total. The predicted molar refractivity (Wildman–Crippen MR) is 85.1 cm³/mol. The maximum atomic E-state index is 10.4. The van der Waals surface area contributed by atoms with E-state index in [4.69, 9.17) is 10.5 Å². The number of nitrogens with zero attached hydrogens (tertiary/aromatic N) is 2. The van der Waals surface area contributed by atoms with Crippen LogP contribution in [0.15, 0.2) is 29.3 Å². The van der Waals surface area contributed by atoms with Gasteiger partial charge in [-0.15, -0.1) is 0 Å². The Bertz CT molecular complexity index is 556. The first-order valence-corrected chi connectivity index (χ1v) is 7.47. The summed E-state index contributed by atoms with van der Waals surface area (Å²) < 4.78 is 5.53. The average molecular weight is 307 g/mol. The van der Waals surface area contributed by atoms with E-state index in [1.54, 1.807) is 12.1 Å². The summed E-state index contributed by atoms with van der Waals surface area (Å²) in [5.41, 5.74) is 5.04. The molecule has 6 heteroatoms. The Hall–Kier alpha value is -1.63. The molecule has 0 radical (unpaired) electrons. The summed E-state index contributed by atoms with van der Waals surface area (Å²) in [7, 11) is 0. The van der Waals surface area contributed by atoms with Crippen molar-refractivity contribution in [3.05, 3.63) is 29.8 Å². The first-order valence-electron chi connectivity index (χ1n) is 7.47. The summed E-state index contributed by atoms with van der Waals surface area (Å²) in [4.78, 5) is 4.53. The van der Waals surface area contributed by atoms with E-state index in [9.17, 15) is 10.3 Å². The second kappa shape index (κ2) is 5.87. The molecular formula is C16H25N3O3. The van der Waals surface area contributed by atoms with Gasteiger partial charge in [-0.2, -0.15) is 0 Å². The zero-order valence-electron chi connectivity index (χ0n) is 13.6. The van der Waals surface area contributed by atoms with Crippen LogP contribution in [0.2, 0.25) is 0 Å². The molecular weight excluding hydrogens is 282 g/mol. The van der Waals surface area contributed by atoms with Gasteiger partial charge in [0.05, 0.1) is 12.1 Å². The van der Waals surface area contributed by atoms with Crippen molar-refractivity contribution in [2.45, 2.75) is 51.4 Å². The van der Waals surface area contributed by atoms with Crippen LogP contribution in [-0.4, -0.2) is 45.1 Å². The number of rotatable bonds is 5. The van der Waals surface area contributed by atoms with Crippen LogP contribution < -0.4 is 10.5 Å². The van der Waals surface area contributed by atoms with E-state index in [0.29, 0.717) is 11.6 Å². The normalized spacial score (nSPS) is 25.0. The van der Waals surface area contributed by atoms with Crippen molar-refractivity contribution in [1.82, 2.24) is 5.06 Å². The molecule has 2 rings (SSSR count). The van der Waals surface area contributed by atoms with Gasteiger partial charge in [0.15, 0.2) is 5.84 Å². The number of hydrogen-bond donors (Lipinski definition) is 3. The quantitative estimate of drug-likeness (QED) is 0.721. The maximum absolute atomic E-state index is 10.4. The number of aliphatic imine (C=N–C) groups is 1. The van der Waals surface area contributed by atoms with Gasteiger partial charge in [-0.25, -0.2) is 5.06 Å². The van der Waals surface area contributed by atoms with Gasteiger partial charge in [0.25, 0.3) is 0 Å². The van der Waals surface area contributed by atoms with Crippen LogP contribution >= 0.6 is 0 Å². The van der Waals surface area contributed by atoms with Crippen molar-refractivity contribution in [3.63, 3.8) is 0 Å². The van der Waals surface area contributed by atoms with E-state index >= 15 is 0 Å². The Morgan fingerprint density at radius 3 is 2.32 bits per heavy atom. The summed E-state index contributed by atoms with van der Waals surface area (Å²) in [5, 5.41) is 21.2. The third-order valence-corrected chi connectivity index (χ3v) is 4.51. The molecule has 0 spiro atoms. The summed E-state index contributed by atoms with van der Waals surface area (Å²) in [6.07, 6.45) is 0.391. The van der Waals surface area contributed by atoms with Crippen molar-refractivity contribution in [2.75, 3.05) is 6.61 Å². The lowest BCUT2D eigenvalue weighted by molar-refractivity contribution is -0.108. The number of nitrogens with two attached hydrogens (primary N) is 1. The molecule has 1 aromatic carbocycles. The van der Waals surface area contributed by atoms with E-state index in [-0.39, 0.29) is 12.8 Å². The van der Waals surface area contributed by atoms with Crippen LogP contribution in [0.1, 0.15) is 39.7 Å². The number of amidine groups is 1. The van der Waals surface area contributed by atoms with Crippen molar-refractivity contribution >= 4 is 5.84 Å². The minimum atomic E-state index is -0.767. The number of hydroxylamine groups is 2. The molecule has 0 saturated heterocycles. The largest absolute Gasteiger partial charge is 0.476 e. The van der Waals surface area contributed by atoms with Crippen LogP contribution in [-0.2, 0) is 0 Å². The lowest BCUT2D eigenvalue weighted by atomic mass is 9.83. The molecule has 22 heavy (non-hydrogen) atoms. The van der Waals surface area contributed by atoms with Gasteiger partial charge >= 0.3 is 0 Å². The highest BCUT2D eigenvalue weighted by Gasteiger charge is 2.51. The second-order valence-electron chi connectivity index (χ2n) is 6.33. The summed E-state index contributed by atoms with van der Waals surface area (Å²) in [6, 6.07) is 7.23. The minimum Gasteiger partial charge on any atom is -0.476 e. The van der Waals surface area contributed by atoms with Gasteiger partial charge in [-0.05, 0) is 51.5 Å². The number of hydrogen-bond acceptors (Lipinski definition) is 6. The lowest BCUT2D eigenvalue weighted by Crippen LogP contribution is -2.54. The van der Waals surface area contributed by atoms with Gasteiger partial charge in [0, 0.05) is 5.56 Å². The van der Waals surface area contributed by atoms with Gasteiger partial charge in [-0.1, -0.05) is 6.92 Å². The highest BCUT2D eigenvalue weighted by molar-refractivity contribution is 6.00.